The lowest BCUT2D eigenvalue weighted by Gasteiger charge is -2.13. The molecular weight excluding hydrogens is 370 g/mol. The highest BCUT2D eigenvalue weighted by molar-refractivity contribution is 9.10. The molecule has 0 amide bonds. The highest BCUT2D eigenvalue weighted by atomic mass is 79.9. The Labute approximate surface area is 135 Å². The molecule has 1 nitrogen and oxygen atoms in total. The van der Waals surface area contributed by atoms with E-state index in [9.17, 15) is 5.11 Å². The number of aliphatic hydroxyl groups is 1. The average molecular weight is 380 g/mol. The highest BCUT2D eigenvalue weighted by Gasteiger charge is 2.12. The zero-order valence-electron chi connectivity index (χ0n) is 9.71. The van der Waals surface area contributed by atoms with Gasteiger partial charge in [-0.1, -0.05) is 40.9 Å². The van der Waals surface area contributed by atoms with Crippen LogP contribution in [0.3, 0.4) is 0 Å². The van der Waals surface area contributed by atoms with Crippen molar-refractivity contribution in [1.29, 1.82) is 0 Å². The molecule has 0 fully saturated rings. The van der Waals surface area contributed by atoms with E-state index in [4.69, 9.17) is 34.8 Å². The van der Waals surface area contributed by atoms with Crippen LogP contribution in [0.1, 0.15) is 17.2 Å². The average Bonchev–Trinajstić information content (AvgIpc) is 2.37. The van der Waals surface area contributed by atoms with Gasteiger partial charge in [-0.25, -0.2) is 0 Å². The molecule has 0 saturated carbocycles. The Kier molecular flexibility index (Phi) is 5.15. The SMILES string of the molecule is OC(Cc1cc(Cl)ccc1Cl)c1ccc(Br)c(Cl)c1. The van der Waals surface area contributed by atoms with Crippen LogP contribution in [0.25, 0.3) is 0 Å². The fraction of sp³-hybridized carbons (Fsp3) is 0.143. The van der Waals surface area contributed by atoms with Crippen molar-refractivity contribution in [3.05, 3.63) is 67.1 Å². The predicted octanol–water partition coefficient (Wildman–Crippen LogP) is 5.69. The van der Waals surface area contributed by atoms with Crippen LogP contribution in [0.4, 0.5) is 0 Å². The summed E-state index contributed by atoms with van der Waals surface area (Å²) in [5.41, 5.74) is 1.55. The van der Waals surface area contributed by atoms with Crippen LogP contribution in [0, 0.1) is 0 Å². The molecule has 1 N–H and O–H groups in total. The number of benzene rings is 2. The lowest BCUT2D eigenvalue weighted by Crippen LogP contribution is -2.02. The summed E-state index contributed by atoms with van der Waals surface area (Å²) in [5, 5.41) is 12.0. The van der Waals surface area contributed by atoms with Gasteiger partial charge in [0.05, 0.1) is 11.1 Å². The monoisotopic (exact) mass is 378 g/mol. The molecule has 0 aliphatic carbocycles. The Morgan fingerprint density at radius 1 is 1.00 bits per heavy atom. The zero-order valence-corrected chi connectivity index (χ0v) is 13.6. The van der Waals surface area contributed by atoms with Crippen LogP contribution in [-0.4, -0.2) is 5.11 Å². The predicted molar refractivity (Wildman–Crippen MR) is 84.3 cm³/mol. The minimum absolute atomic E-state index is 0.386. The summed E-state index contributed by atoms with van der Waals surface area (Å²) in [5.74, 6) is 0. The van der Waals surface area contributed by atoms with E-state index in [1.165, 1.54) is 0 Å². The molecule has 19 heavy (non-hydrogen) atoms. The molecule has 1 unspecified atom stereocenters. The van der Waals surface area contributed by atoms with E-state index >= 15 is 0 Å². The topological polar surface area (TPSA) is 20.2 Å². The van der Waals surface area contributed by atoms with Crippen LogP contribution in [-0.2, 0) is 6.42 Å². The molecule has 0 saturated heterocycles. The summed E-state index contributed by atoms with van der Waals surface area (Å²) in [6, 6.07) is 10.6. The van der Waals surface area contributed by atoms with E-state index in [0.29, 0.717) is 21.5 Å². The molecule has 0 spiro atoms. The Balaban J connectivity index is 2.22. The number of hydrogen-bond acceptors (Lipinski definition) is 1. The van der Waals surface area contributed by atoms with Gasteiger partial charge in [-0.2, -0.15) is 0 Å². The third-order valence-electron chi connectivity index (χ3n) is 2.75. The van der Waals surface area contributed by atoms with E-state index in [-0.39, 0.29) is 0 Å². The van der Waals surface area contributed by atoms with Gasteiger partial charge in [0.25, 0.3) is 0 Å². The quantitative estimate of drug-likeness (QED) is 0.726. The lowest BCUT2D eigenvalue weighted by molar-refractivity contribution is 0.178. The number of aliphatic hydroxyl groups excluding tert-OH is 1. The van der Waals surface area contributed by atoms with Crippen molar-refractivity contribution in [2.24, 2.45) is 0 Å². The highest BCUT2D eigenvalue weighted by Crippen LogP contribution is 2.29. The molecule has 2 aromatic carbocycles. The molecule has 0 heterocycles. The summed E-state index contributed by atoms with van der Waals surface area (Å²) in [4.78, 5) is 0. The summed E-state index contributed by atoms with van der Waals surface area (Å²) < 4.78 is 0.797. The van der Waals surface area contributed by atoms with Gasteiger partial charge in [0.2, 0.25) is 0 Å². The van der Waals surface area contributed by atoms with Gasteiger partial charge in [-0.3, -0.25) is 0 Å². The zero-order chi connectivity index (χ0) is 14.0. The molecule has 0 aromatic heterocycles. The maximum absolute atomic E-state index is 10.2. The van der Waals surface area contributed by atoms with E-state index in [2.05, 4.69) is 15.9 Å². The number of halogens is 4. The van der Waals surface area contributed by atoms with Crippen LogP contribution in [0.15, 0.2) is 40.9 Å². The van der Waals surface area contributed by atoms with Gasteiger partial charge < -0.3 is 5.11 Å². The van der Waals surface area contributed by atoms with Crippen molar-refractivity contribution in [3.63, 3.8) is 0 Å². The van der Waals surface area contributed by atoms with Gasteiger partial charge in [-0.05, 0) is 57.4 Å². The van der Waals surface area contributed by atoms with Crippen LogP contribution >= 0.6 is 50.7 Å². The molecule has 0 aliphatic heterocycles. The largest absolute Gasteiger partial charge is 0.388 e. The molecule has 5 heteroatoms. The van der Waals surface area contributed by atoms with E-state index in [0.717, 1.165) is 15.6 Å². The molecular formula is C14H10BrCl3O. The van der Waals surface area contributed by atoms with E-state index < -0.39 is 6.10 Å². The Morgan fingerprint density at radius 2 is 1.74 bits per heavy atom. The fourth-order valence-electron chi connectivity index (χ4n) is 1.75. The number of rotatable bonds is 3. The Hall–Kier alpha value is -0.250. The first-order valence-electron chi connectivity index (χ1n) is 5.54. The molecule has 0 radical (unpaired) electrons. The molecule has 1 atom stereocenters. The molecule has 0 aliphatic rings. The van der Waals surface area contributed by atoms with Crippen molar-refractivity contribution < 1.29 is 5.11 Å². The Morgan fingerprint density at radius 3 is 2.42 bits per heavy atom. The second-order valence-corrected chi connectivity index (χ2v) is 6.23. The molecule has 2 rings (SSSR count). The summed E-state index contributed by atoms with van der Waals surface area (Å²) in [6.45, 7) is 0. The van der Waals surface area contributed by atoms with Gasteiger partial charge in [0, 0.05) is 20.9 Å². The summed E-state index contributed by atoms with van der Waals surface area (Å²) in [7, 11) is 0. The Bertz CT molecular complexity index is 601. The number of hydrogen-bond donors (Lipinski definition) is 1. The van der Waals surface area contributed by atoms with E-state index in [1.54, 1.807) is 30.3 Å². The van der Waals surface area contributed by atoms with Crippen molar-refractivity contribution in [2.75, 3.05) is 0 Å². The minimum Gasteiger partial charge on any atom is -0.388 e. The minimum atomic E-state index is -0.679. The molecule has 100 valence electrons. The summed E-state index contributed by atoms with van der Waals surface area (Å²) >= 11 is 21.3. The molecule has 2 aromatic rings. The first-order chi connectivity index (χ1) is 8.97. The van der Waals surface area contributed by atoms with Crippen molar-refractivity contribution >= 4 is 50.7 Å². The standard InChI is InChI=1S/C14H10BrCl3O/c15-11-3-1-8(6-13(11)18)14(19)7-9-5-10(16)2-4-12(9)17/h1-6,14,19H,7H2. The first-order valence-corrected chi connectivity index (χ1v) is 7.47. The smallest absolute Gasteiger partial charge is 0.0831 e. The third kappa shape index (κ3) is 3.87. The fourth-order valence-corrected chi connectivity index (χ4v) is 2.57. The molecule has 0 bridgehead atoms. The van der Waals surface area contributed by atoms with Crippen molar-refractivity contribution in [3.8, 4) is 0 Å². The van der Waals surface area contributed by atoms with E-state index in [1.807, 2.05) is 6.07 Å². The van der Waals surface area contributed by atoms with Crippen molar-refractivity contribution in [2.45, 2.75) is 12.5 Å². The maximum atomic E-state index is 10.2. The van der Waals surface area contributed by atoms with Gasteiger partial charge >= 0.3 is 0 Å². The van der Waals surface area contributed by atoms with Gasteiger partial charge in [-0.15, -0.1) is 0 Å². The normalized spacial score (nSPS) is 12.5. The van der Waals surface area contributed by atoms with Gasteiger partial charge in [0.1, 0.15) is 0 Å². The van der Waals surface area contributed by atoms with Crippen LogP contribution < -0.4 is 0 Å². The maximum Gasteiger partial charge on any atom is 0.0831 e. The van der Waals surface area contributed by atoms with Crippen LogP contribution in [0.2, 0.25) is 15.1 Å². The second-order valence-electron chi connectivity index (χ2n) is 4.13. The first kappa shape index (κ1) is 15.1. The van der Waals surface area contributed by atoms with Gasteiger partial charge in [0.15, 0.2) is 0 Å². The summed E-state index contributed by atoms with van der Waals surface area (Å²) in [6.07, 6.45) is -0.293. The third-order valence-corrected chi connectivity index (χ3v) is 4.59. The van der Waals surface area contributed by atoms with Crippen molar-refractivity contribution in [1.82, 2.24) is 0 Å². The second kappa shape index (κ2) is 6.47. The lowest BCUT2D eigenvalue weighted by atomic mass is 10.0. The van der Waals surface area contributed by atoms with Crippen LogP contribution in [0.5, 0.6) is 0 Å².